The first-order valence-corrected chi connectivity index (χ1v) is 7.47. The van der Waals surface area contributed by atoms with Gasteiger partial charge < -0.3 is 9.64 Å². The van der Waals surface area contributed by atoms with E-state index in [0.717, 1.165) is 18.9 Å². The van der Waals surface area contributed by atoms with E-state index in [2.05, 4.69) is 13.8 Å². The first kappa shape index (κ1) is 21.2. The lowest BCUT2D eigenvalue weighted by Crippen LogP contribution is -2.27. The van der Waals surface area contributed by atoms with E-state index in [-0.39, 0.29) is 17.5 Å². The molecule has 1 atom stereocenters. The summed E-state index contributed by atoms with van der Waals surface area (Å²) in [4.78, 5) is 23.2. The summed E-state index contributed by atoms with van der Waals surface area (Å²) >= 11 is 0. The number of ether oxygens (including phenoxy) is 1. The molecular weight excluding hydrogens is 254 g/mol. The second-order valence-electron chi connectivity index (χ2n) is 6.18. The number of rotatable bonds is 5. The molecule has 0 aromatic carbocycles. The van der Waals surface area contributed by atoms with Gasteiger partial charge in [-0.05, 0) is 33.1 Å². The first-order chi connectivity index (χ1) is 9.03. The zero-order chi connectivity index (χ0) is 16.3. The average molecular weight is 287 g/mol. The van der Waals surface area contributed by atoms with Gasteiger partial charge in [-0.15, -0.1) is 0 Å². The van der Waals surface area contributed by atoms with Crippen LogP contribution in [0.2, 0.25) is 0 Å². The van der Waals surface area contributed by atoms with Gasteiger partial charge in [-0.3, -0.25) is 9.59 Å². The molecule has 0 rings (SSSR count). The van der Waals surface area contributed by atoms with Crippen LogP contribution in [0.25, 0.3) is 0 Å². The molecule has 120 valence electrons. The van der Waals surface area contributed by atoms with Crippen molar-refractivity contribution in [1.29, 1.82) is 0 Å². The smallest absolute Gasteiger partial charge is 0.303 e. The topological polar surface area (TPSA) is 46.6 Å². The van der Waals surface area contributed by atoms with Crippen LogP contribution in [0.1, 0.15) is 67.7 Å². The molecule has 1 amide bonds. The van der Waals surface area contributed by atoms with Crippen molar-refractivity contribution in [2.75, 3.05) is 13.6 Å². The van der Waals surface area contributed by atoms with E-state index in [9.17, 15) is 9.59 Å². The molecule has 0 bridgehead atoms. The number of esters is 1. The van der Waals surface area contributed by atoms with Gasteiger partial charge in [0.1, 0.15) is 5.60 Å². The quantitative estimate of drug-likeness (QED) is 0.725. The fourth-order valence-electron chi connectivity index (χ4n) is 1.44. The Morgan fingerprint density at radius 1 is 1.20 bits per heavy atom. The molecule has 0 spiro atoms. The Morgan fingerprint density at radius 3 is 1.95 bits per heavy atom. The summed E-state index contributed by atoms with van der Waals surface area (Å²) < 4.78 is 4.80. The van der Waals surface area contributed by atoms with Gasteiger partial charge in [-0.25, -0.2) is 0 Å². The lowest BCUT2D eigenvalue weighted by Gasteiger charge is -2.18. The number of amides is 1. The number of hydrogen-bond donors (Lipinski definition) is 0. The molecule has 0 aromatic heterocycles. The zero-order valence-electron chi connectivity index (χ0n) is 14.6. The molecule has 1 unspecified atom stereocenters. The van der Waals surface area contributed by atoms with E-state index in [4.69, 9.17) is 4.74 Å². The Hall–Kier alpha value is -1.06. The molecule has 4 heteroatoms. The summed E-state index contributed by atoms with van der Waals surface area (Å²) in [6.07, 6.45) is 2.95. The lowest BCUT2D eigenvalue weighted by molar-refractivity contribution is -0.151. The number of carbonyl (C=O) groups excluding carboxylic acids is 2. The van der Waals surface area contributed by atoms with E-state index < -0.39 is 0 Å². The van der Waals surface area contributed by atoms with E-state index >= 15 is 0 Å². The Morgan fingerprint density at radius 2 is 1.70 bits per heavy atom. The van der Waals surface area contributed by atoms with Crippen molar-refractivity contribution in [1.82, 2.24) is 4.90 Å². The number of carbonyl (C=O) groups is 2. The molecule has 0 aromatic rings. The predicted molar refractivity (Wildman–Crippen MR) is 83.5 cm³/mol. The Bertz CT molecular complexity index is 282. The SMILES string of the molecule is CC(=O)OC(C)(C)C.CCC(=O)N(C)CCC(C)CC. The van der Waals surface area contributed by atoms with Crippen LogP contribution in [-0.4, -0.2) is 36.0 Å². The standard InChI is InChI=1S/C10H21NO.C6H12O2/c1-5-9(3)7-8-11(4)10(12)6-2;1-5(7)8-6(2,3)4/h9H,5-8H2,1-4H3;1-4H3. The maximum absolute atomic E-state index is 11.1. The minimum atomic E-state index is -0.328. The van der Waals surface area contributed by atoms with Gasteiger partial charge in [0.2, 0.25) is 5.91 Å². The minimum absolute atomic E-state index is 0.225. The third kappa shape index (κ3) is 15.0. The van der Waals surface area contributed by atoms with Crippen LogP contribution in [-0.2, 0) is 14.3 Å². The Balaban J connectivity index is 0. The van der Waals surface area contributed by atoms with Crippen molar-refractivity contribution < 1.29 is 14.3 Å². The summed E-state index contributed by atoms with van der Waals surface area (Å²) in [5.41, 5.74) is -0.328. The van der Waals surface area contributed by atoms with Crippen molar-refractivity contribution in [3.63, 3.8) is 0 Å². The summed E-state index contributed by atoms with van der Waals surface area (Å²) in [6, 6.07) is 0. The van der Waals surface area contributed by atoms with Crippen LogP contribution in [0.3, 0.4) is 0 Å². The van der Waals surface area contributed by atoms with Crippen molar-refractivity contribution >= 4 is 11.9 Å². The zero-order valence-corrected chi connectivity index (χ0v) is 14.6. The highest BCUT2D eigenvalue weighted by atomic mass is 16.6. The Labute approximate surface area is 124 Å². The normalized spacial score (nSPS) is 12.0. The van der Waals surface area contributed by atoms with Gasteiger partial charge in [0, 0.05) is 26.9 Å². The maximum Gasteiger partial charge on any atom is 0.303 e. The summed E-state index contributed by atoms with van der Waals surface area (Å²) in [6.45, 7) is 14.2. The molecule has 0 heterocycles. The second kappa shape index (κ2) is 10.7. The molecule has 4 nitrogen and oxygen atoms in total. The highest BCUT2D eigenvalue weighted by Crippen LogP contribution is 2.07. The minimum Gasteiger partial charge on any atom is -0.460 e. The summed E-state index contributed by atoms with van der Waals surface area (Å²) in [7, 11) is 1.88. The van der Waals surface area contributed by atoms with E-state index in [0.29, 0.717) is 6.42 Å². The van der Waals surface area contributed by atoms with E-state index in [1.54, 1.807) is 0 Å². The van der Waals surface area contributed by atoms with E-state index in [1.165, 1.54) is 13.3 Å². The van der Waals surface area contributed by atoms with Gasteiger partial charge in [0.25, 0.3) is 0 Å². The lowest BCUT2D eigenvalue weighted by atomic mass is 10.1. The van der Waals surface area contributed by atoms with Crippen LogP contribution in [0.15, 0.2) is 0 Å². The van der Waals surface area contributed by atoms with Gasteiger partial charge in [-0.2, -0.15) is 0 Å². The van der Waals surface area contributed by atoms with Crippen LogP contribution in [0, 0.1) is 5.92 Å². The van der Waals surface area contributed by atoms with Gasteiger partial charge in [-0.1, -0.05) is 27.2 Å². The second-order valence-corrected chi connectivity index (χ2v) is 6.18. The fraction of sp³-hybridized carbons (Fsp3) is 0.875. The van der Waals surface area contributed by atoms with Crippen LogP contribution in [0.5, 0.6) is 0 Å². The predicted octanol–water partition coefficient (Wildman–Crippen LogP) is 3.64. The molecule has 0 saturated heterocycles. The first-order valence-electron chi connectivity index (χ1n) is 7.47. The van der Waals surface area contributed by atoms with Crippen LogP contribution < -0.4 is 0 Å². The largest absolute Gasteiger partial charge is 0.460 e. The number of hydrogen-bond acceptors (Lipinski definition) is 3. The highest BCUT2D eigenvalue weighted by molar-refractivity contribution is 5.75. The van der Waals surface area contributed by atoms with Gasteiger partial charge in [0.15, 0.2) is 0 Å². The maximum atomic E-state index is 11.1. The van der Waals surface area contributed by atoms with Crippen molar-refractivity contribution in [2.45, 2.75) is 73.3 Å². The van der Waals surface area contributed by atoms with Crippen molar-refractivity contribution in [2.24, 2.45) is 5.92 Å². The average Bonchev–Trinajstić information content (AvgIpc) is 2.31. The van der Waals surface area contributed by atoms with Gasteiger partial charge >= 0.3 is 5.97 Å². The number of nitrogens with zero attached hydrogens (tertiary/aromatic N) is 1. The molecule has 0 aliphatic heterocycles. The molecule has 0 radical (unpaired) electrons. The van der Waals surface area contributed by atoms with Crippen molar-refractivity contribution in [3.8, 4) is 0 Å². The molecular formula is C16H33NO3. The third-order valence-electron chi connectivity index (χ3n) is 2.83. The van der Waals surface area contributed by atoms with Crippen LogP contribution in [0.4, 0.5) is 0 Å². The summed E-state index contributed by atoms with van der Waals surface area (Å²) in [5.74, 6) is 0.757. The monoisotopic (exact) mass is 287 g/mol. The third-order valence-corrected chi connectivity index (χ3v) is 2.83. The van der Waals surface area contributed by atoms with Crippen LogP contribution >= 0.6 is 0 Å². The fourth-order valence-corrected chi connectivity index (χ4v) is 1.44. The van der Waals surface area contributed by atoms with Gasteiger partial charge in [0.05, 0.1) is 0 Å². The molecule has 20 heavy (non-hydrogen) atoms. The molecule has 0 saturated carbocycles. The highest BCUT2D eigenvalue weighted by Gasteiger charge is 2.11. The Kier molecular flexibility index (Phi) is 11.4. The molecule has 0 aliphatic rings. The van der Waals surface area contributed by atoms with E-state index in [1.807, 2.05) is 39.6 Å². The molecule has 0 aliphatic carbocycles. The molecule has 0 fully saturated rings. The summed E-state index contributed by atoms with van der Waals surface area (Å²) in [5, 5.41) is 0. The van der Waals surface area contributed by atoms with Crippen molar-refractivity contribution in [3.05, 3.63) is 0 Å². The molecule has 0 N–H and O–H groups in total.